The Labute approximate surface area is 195 Å². The average Bonchev–Trinajstić information content (AvgIpc) is 2.82. The van der Waals surface area contributed by atoms with E-state index in [1.807, 2.05) is 36.4 Å². The molecule has 0 unspecified atom stereocenters. The number of carbonyl (C=O) groups excluding carboxylic acids is 2. The molecule has 1 aliphatic rings. The summed E-state index contributed by atoms with van der Waals surface area (Å²) in [5.41, 5.74) is 6.62. The number of amides is 2. The second-order valence-corrected chi connectivity index (χ2v) is 8.95. The van der Waals surface area contributed by atoms with Crippen LogP contribution in [0.15, 0.2) is 72.8 Å². The molecule has 0 radical (unpaired) electrons. The van der Waals surface area contributed by atoms with Gasteiger partial charge in [-0.15, -0.1) is 0 Å². The van der Waals surface area contributed by atoms with Crippen LogP contribution in [0.25, 0.3) is 11.1 Å². The summed E-state index contributed by atoms with van der Waals surface area (Å²) >= 11 is 0. The fourth-order valence-electron chi connectivity index (χ4n) is 4.34. The minimum atomic E-state index is -0.168. The highest BCUT2D eigenvalue weighted by molar-refractivity contribution is 5.96. The van der Waals surface area contributed by atoms with Crippen molar-refractivity contribution in [3.05, 3.63) is 89.5 Å². The van der Waals surface area contributed by atoms with Crippen molar-refractivity contribution < 1.29 is 9.59 Å². The molecule has 3 aromatic carbocycles. The molecule has 2 amide bonds. The predicted molar refractivity (Wildman–Crippen MR) is 133 cm³/mol. The van der Waals surface area contributed by atoms with Crippen molar-refractivity contribution in [3.8, 4) is 11.1 Å². The van der Waals surface area contributed by atoms with Crippen LogP contribution in [-0.4, -0.2) is 30.8 Å². The monoisotopic (exact) mass is 441 g/mol. The van der Waals surface area contributed by atoms with Crippen molar-refractivity contribution in [2.75, 3.05) is 19.4 Å². The van der Waals surface area contributed by atoms with Gasteiger partial charge in [-0.1, -0.05) is 66.7 Å². The van der Waals surface area contributed by atoms with Gasteiger partial charge in [-0.2, -0.15) is 0 Å². The maximum absolute atomic E-state index is 12.6. The molecule has 5 nitrogen and oxygen atoms in total. The second-order valence-electron chi connectivity index (χ2n) is 8.95. The number of fused-ring (bicyclic) bond motifs is 1. The number of benzene rings is 3. The highest BCUT2D eigenvalue weighted by Crippen LogP contribution is 2.28. The molecule has 0 aromatic heterocycles. The van der Waals surface area contributed by atoms with Crippen LogP contribution in [0.5, 0.6) is 0 Å². The van der Waals surface area contributed by atoms with E-state index >= 15 is 0 Å². The Kier molecular flexibility index (Phi) is 7.20. The van der Waals surface area contributed by atoms with Gasteiger partial charge in [-0.3, -0.25) is 9.59 Å². The summed E-state index contributed by atoms with van der Waals surface area (Å²) in [6.07, 6.45) is 1.56. The number of rotatable bonds is 8. The molecule has 2 N–H and O–H groups in total. The van der Waals surface area contributed by atoms with E-state index in [1.54, 1.807) is 0 Å². The highest BCUT2D eigenvalue weighted by Gasteiger charge is 2.26. The Balaban J connectivity index is 1.33. The zero-order valence-electron chi connectivity index (χ0n) is 19.3. The Morgan fingerprint density at radius 3 is 2.52 bits per heavy atom. The molecule has 1 aliphatic heterocycles. The van der Waals surface area contributed by atoms with Crippen molar-refractivity contribution >= 4 is 17.5 Å². The first-order chi connectivity index (χ1) is 16.0. The minimum Gasteiger partial charge on any atom is -0.352 e. The number of hydrogen-bond acceptors (Lipinski definition) is 3. The molecule has 4 rings (SSSR count). The van der Waals surface area contributed by atoms with Crippen LogP contribution in [0.3, 0.4) is 0 Å². The zero-order valence-corrected chi connectivity index (χ0v) is 19.3. The van der Waals surface area contributed by atoms with Crippen LogP contribution >= 0.6 is 0 Å². The fraction of sp³-hybridized carbons (Fsp3) is 0.286. The average molecular weight is 442 g/mol. The number of carbonyl (C=O) groups is 2. The van der Waals surface area contributed by atoms with Crippen LogP contribution in [0, 0.1) is 5.92 Å². The number of nitrogens with zero attached hydrogens (tertiary/aromatic N) is 1. The highest BCUT2D eigenvalue weighted by atomic mass is 16.2. The molecule has 170 valence electrons. The molecule has 0 saturated carbocycles. The molecule has 1 atom stereocenters. The van der Waals surface area contributed by atoms with Gasteiger partial charge in [-0.05, 0) is 60.8 Å². The first-order valence-electron chi connectivity index (χ1n) is 11.5. The summed E-state index contributed by atoms with van der Waals surface area (Å²) in [5.74, 6) is -0.194. The summed E-state index contributed by atoms with van der Waals surface area (Å²) < 4.78 is 0. The molecule has 5 heteroatoms. The van der Waals surface area contributed by atoms with Crippen LogP contribution < -0.4 is 10.6 Å². The largest absolute Gasteiger partial charge is 0.352 e. The summed E-state index contributed by atoms with van der Waals surface area (Å²) in [6.45, 7) is 1.37. The first-order valence-corrected chi connectivity index (χ1v) is 11.5. The topological polar surface area (TPSA) is 61.4 Å². The molecule has 3 aromatic rings. The standard InChI is InChI=1S/C28H31N3O2/c1-31(2)19-20-11-13-21(14-12-20)25-9-5-3-8-24(25)18-29-27(32)16-15-23-17-22-7-4-6-10-26(22)30-28(23)33/h3-14,23H,15-19H2,1-2H3,(H,29,32)(H,30,33)/t23-/m1/s1. The normalized spacial score (nSPS) is 15.1. The summed E-state index contributed by atoms with van der Waals surface area (Å²) in [7, 11) is 4.12. The number of anilines is 1. The third kappa shape index (κ3) is 5.88. The molecule has 0 saturated heterocycles. The molecule has 0 fully saturated rings. The van der Waals surface area contributed by atoms with Gasteiger partial charge in [0.1, 0.15) is 0 Å². The summed E-state index contributed by atoms with van der Waals surface area (Å²) in [5, 5.41) is 6.00. The number of para-hydroxylation sites is 1. The van der Waals surface area contributed by atoms with E-state index in [0.717, 1.165) is 34.5 Å². The van der Waals surface area contributed by atoms with Crippen LogP contribution in [0.4, 0.5) is 5.69 Å². The lowest BCUT2D eigenvalue weighted by Crippen LogP contribution is -2.31. The van der Waals surface area contributed by atoms with Crippen molar-refractivity contribution in [1.29, 1.82) is 0 Å². The van der Waals surface area contributed by atoms with E-state index in [9.17, 15) is 9.59 Å². The van der Waals surface area contributed by atoms with Crippen molar-refractivity contribution in [3.63, 3.8) is 0 Å². The van der Waals surface area contributed by atoms with Crippen molar-refractivity contribution in [2.24, 2.45) is 5.92 Å². The first kappa shape index (κ1) is 22.7. The van der Waals surface area contributed by atoms with Gasteiger partial charge in [-0.25, -0.2) is 0 Å². The molecule has 0 bridgehead atoms. The molecule has 33 heavy (non-hydrogen) atoms. The molecular formula is C28H31N3O2. The van der Waals surface area contributed by atoms with Crippen LogP contribution in [0.2, 0.25) is 0 Å². The Hall–Kier alpha value is -3.44. The molecule has 0 aliphatic carbocycles. The van der Waals surface area contributed by atoms with Gasteiger partial charge in [0, 0.05) is 31.1 Å². The second kappa shape index (κ2) is 10.5. The van der Waals surface area contributed by atoms with Gasteiger partial charge >= 0.3 is 0 Å². The van der Waals surface area contributed by atoms with Gasteiger partial charge < -0.3 is 15.5 Å². The van der Waals surface area contributed by atoms with Crippen LogP contribution in [0.1, 0.15) is 29.5 Å². The van der Waals surface area contributed by atoms with Gasteiger partial charge in [0.2, 0.25) is 11.8 Å². The Morgan fingerprint density at radius 1 is 1.00 bits per heavy atom. The lowest BCUT2D eigenvalue weighted by atomic mass is 9.89. The van der Waals surface area contributed by atoms with Crippen molar-refractivity contribution in [2.45, 2.75) is 32.4 Å². The quantitative estimate of drug-likeness (QED) is 0.536. The third-order valence-corrected chi connectivity index (χ3v) is 6.09. The molecule has 1 heterocycles. The van der Waals surface area contributed by atoms with E-state index in [-0.39, 0.29) is 17.7 Å². The fourth-order valence-corrected chi connectivity index (χ4v) is 4.34. The lowest BCUT2D eigenvalue weighted by molar-refractivity contribution is -0.122. The van der Waals surface area contributed by atoms with E-state index in [0.29, 0.717) is 25.8 Å². The van der Waals surface area contributed by atoms with E-state index in [1.165, 1.54) is 5.56 Å². The minimum absolute atomic E-state index is 0.00422. The third-order valence-electron chi connectivity index (χ3n) is 6.09. The summed E-state index contributed by atoms with van der Waals surface area (Å²) in [6, 6.07) is 24.6. The Bertz CT molecular complexity index is 1120. The van der Waals surface area contributed by atoms with Gasteiger partial charge in [0.05, 0.1) is 0 Å². The molecule has 0 spiro atoms. The van der Waals surface area contributed by atoms with E-state index in [4.69, 9.17) is 0 Å². The van der Waals surface area contributed by atoms with E-state index in [2.05, 4.69) is 66.0 Å². The smallest absolute Gasteiger partial charge is 0.227 e. The van der Waals surface area contributed by atoms with E-state index < -0.39 is 0 Å². The lowest BCUT2D eigenvalue weighted by Gasteiger charge is -2.24. The van der Waals surface area contributed by atoms with Gasteiger partial charge in [0.15, 0.2) is 0 Å². The predicted octanol–water partition coefficient (Wildman–Crippen LogP) is 4.62. The SMILES string of the molecule is CN(C)Cc1ccc(-c2ccccc2CNC(=O)CC[C@@H]2Cc3ccccc3NC2=O)cc1. The number of nitrogens with one attached hydrogen (secondary N) is 2. The van der Waals surface area contributed by atoms with Crippen molar-refractivity contribution in [1.82, 2.24) is 10.2 Å². The Morgan fingerprint density at radius 2 is 1.73 bits per heavy atom. The van der Waals surface area contributed by atoms with Crippen LogP contribution in [-0.2, 0) is 29.1 Å². The maximum atomic E-state index is 12.6. The summed E-state index contributed by atoms with van der Waals surface area (Å²) in [4.78, 5) is 27.1. The number of hydrogen-bond donors (Lipinski definition) is 2. The van der Waals surface area contributed by atoms with Gasteiger partial charge in [0.25, 0.3) is 0 Å². The maximum Gasteiger partial charge on any atom is 0.227 e. The zero-order chi connectivity index (χ0) is 23.2. The molecular weight excluding hydrogens is 410 g/mol.